The maximum absolute atomic E-state index is 9.33. The van der Waals surface area contributed by atoms with Crippen LogP contribution in [0, 0.1) is 5.92 Å². The molecule has 0 aromatic heterocycles. The molecule has 0 spiro atoms. The van der Waals surface area contributed by atoms with Crippen molar-refractivity contribution in [3.8, 4) is 0 Å². The maximum Gasteiger partial charge on any atom is 0.0476 e. The third-order valence-electron chi connectivity index (χ3n) is 3.53. The Morgan fingerprint density at radius 3 is 3.06 bits per heavy atom. The lowest BCUT2D eigenvalue weighted by molar-refractivity contribution is 0.208. The highest BCUT2D eigenvalue weighted by Gasteiger charge is 2.21. The molecular weight excluding hydrogens is 292 g/mol. The Balaban J connectivity index is 2.22. The van der Waals surface area contributed by atoms with Crippen LogP contribution in [0.1, 0.15) is 18.4 Å². The van der Waals surface area contributed by atoms with Crippen LogP contribution in [0.15, 0.2) is 22.7 Å². The van der Waals surface area contributed by atoms with Crippen LogP contribution in [0.25, 0.3) is 0 Å². The summed E-state index contributed by atoms with van der Waals surface area (Å²) < 4.78 is 1.11. The van der Waals surface area contributed by atoms with E-state index >= 15 is 0 Å². The van der Waals surface area contributed by atoms with E-state index in [-0.39, 0.29) is 0 Å². The second-order valence-electron chi connectivity index (χ2n) is 4.94. The Kier molecular flexibility index (Phi) is 5.03. The number of aliphatic hydroxyl groups excluding tert-OH is 1. The van der Waals surface area contributed by atoms with Crippen LogP contribution in [0.2, 0.25) is 0 Å². The van der Waals surface area contributed by atoms with Crippen LogP contribution in [0.5, 0.6) is 0 Å². The summed E-state index contributed by atoms with van der Waals surface area (Å²) in [5, 5.41) is 12.6. The van der Waals surface area contributed by atoms with E-state index in [0.717, 1.165) is 36.9 Å². The van der Waals surface area contributed by atoms with Gasteiger partial charge in [-0.05, 0) is 43.5 Å². The molecule has 0 aliphatic carbocycles. The minimum absolute atomic E-state index is 0.297. The summed E-state index contributed by atoms with van der Waals surface area (Å²) in [5.74, 6) is 0.417. The first-order chi connectivity index (χ1) is 8.74. The predicted octanol–water partition coefficient (Wildman–Crippen LogP) is 2.38. The minimum Gasteiger partial charge on any atom is -0.396 e. The summed E-state index contributed by atoms with van der Waals surface area (Å²) in [6.07, 6.45) is 2.30. The second-order valence-corrected chi connectivity index (χ2v) is 5.86. The molecule has 1 heterocycles. The zero-order chi connectivity index (χ0) is 13.0. The van der Waals surface area contributed by atoms with Crippen molar-refractivity contribution in [2.75, 3.05) is 31.6 Å². The van der Waals surface area contributed by atoms with E-state index in [9.17, 15) is 5.11 Å². The summed E-state index contributed by atoms with van der Waals surface area (Å²) in [6.45, 7) is 3.22. The Bertz CT molecular complexity index is 397. The number of nitrogens with one attached hydrogen (secondary N) is 1. The number of benzene rings is 1. The van der Waals surface area contributed by atoms with Crippen molar-refractivity contribution in [1.82, 2.24) is 5.32 Å². The smallest absolute Gasteiger partial charge is 0.0476 e. The molecule has 18 heavy (non-hydrogen) atoms. The van der Waals surface area contributed by atoms with Crippen molar-refractivity contribution in [3.63, 3.8) is 0 Å². The third kappa shape index (κ3) is 3.25. The van der Waals surface area contributed by atoms with Crippen molar-refractivity contribution in [2.45, 2.75) is 19.4 Å². The minimum atomic E-state index is 0.297. The Morgan fingerprint density at radius 2 is 2.33 bits per heavy atom. The molecule has 1 unspecified atom stereocenters. The van der Waals surface area contributed by atoms with E-state index in [2.05, 4.69) is 44.3 Å². The summed E-state index contributed by atoms with van der Waals surface area (Å²) in [7, 11) is 1.97. The summed E-state index contributed by atoms with van der Waals surface area (Å²) in [5.41, 5.74) is 2.61. The summed E-state index contributed by atoms with van der Waals surface area (Å²) in [6, 6.07) is 6.44. The van der Waals surface area contributed by atoms with Gasteiger partial charge in [-0.15, -0.1) is 0 Å². The number of nitrogens with zero attached hydrogens (tertiary/aromatic N) is 1. The molecule has 1 atom stereocenters. The summed E-state index contributed by atoms with van der Waals surface area (Å²) in [4.78, 5) is 2.40. The largest absolute Gasteiger partial charge is 0.396 e. The van der Waals surface area contributed by atoms with E-state index in [1.807, 2.05) is 7.05 Å². The fraction of sp³-hybridized carbons (Fsp3) is 0.571. The molecule has 1 aromatic rings. The van der Waals surface area contributed by atoms with Crippen LogP contribution in [0.3, 0.4) is 0 Å². The number of rotatable bonds is 4. The molecule has 4 heteroatoms. The lowest BCUT2D eigenvalue weighted by Gasteiger charge is -2.35. The third-order valence-corrected chi connectivity index (χ3v) is 4.03. The van der Waals surface area contributed by atoms with Gasteiger partial charge >= 0.3 is 0 Å². The molecule has 0 amide bonds. The molecule has 1 aliphatic rings. The molecule has 1 aliphatic heterocycles. The first kappa shape index (κ1) is 13.8. The zero-order valence-electron chi connectivity index (χ0n) is 10.8. The van der Waals surface area contributed by atoms with Crippen LogP contribution in [0.4, 0.5) is 5.69 Å². The fourth-order valence-electron chi connectivity index (χ4n) is 2.60. The molecule has 1 fully saturated rings. The monoisotopic (exact) mass is 312 g/mol. The number of hydrogen-bond acceptors (Lipinski definition) is 3. The lowest BCUT2D eigenvalue weighted by Crippen LogP contribution is -2.37. The van der Waals surface area contributed by atoms with Gasteiger partial charge in [0.05, 0.1) is 0 Å². The Labute approximate surface area is 117 Å². The van der Waals surface area contributed by atoms with Crippen molar-refractivity contribution in [2.24, 2.45) is 5.92 Å². The van der Waals surface area contributed by atoms with Crippen LogP contribution >= 0.6 is 15.9 Å². The standard InChI is InChI=1S/C14H21BrN2O/c1-16-8-12-4-5-13(15)7-14(12)17-6-2-3-11(9-17)10-18/h4-5,7,11,16,18H,2-3,6,8-10H2,1H3. The molecular formula is C14H21BrN2O. The zero-order valence-corrected chi connectivity index (χ0v) is 12.4. The van der Waals surface area contributed by atoms with Crippen molar-refractivity contribution < 1.29 is 5.11 Å². The molecule has 0 saturated carbocycles. The molecule has 0 bridgehead atoms. The number of piperidine rings is 1. The van der Waals surface area contributed by atoms with E-state index < -0.39 is 0 Å². The van der Waals surface area contributed by atoms with Gasteiger partial charge in [-0.3, -0.25) is 0 Å². The molecule has 2 rings (SSSR count). The molecule has 3 nitrogen and oxygen atoms in total. The molecule has 2 N–H and O–H groups in total. The number of anilines is 1. The highest BCUT2D eigenvalue weighted by atomic mass is 79.9. The van der Waals surface area contributed by atoms with Gasteiger partial charge in [-0.2, -0.15) is 0 Å². The van der Waals surface area contributed by atoms with Gasteiger partial charge in [-0.1, -0.05) is 22.0 Å². The van der Waals surface area contributed by atoms with Gasteiger partial charge < -0.3 is 15.3 Å². The lowest BCUT2D eigenvalue weighted by atomic mass is 9.97. The number of aliphatic hydroxyl groups is 1. The molecule has 100 valence electrons. The maximum atomic E-state index is 9.33. The van der Waals surface area contributed by atoms with E-state index in [4.69, 9.17) is 0 Å². The first-order valence-electron chi connectivity index (χ1n) is 6.53. The normalized spacial score (nSPS) is 20.2. The van der Waals surface area contributed by atoms with Crippen molar-refractivity contribution in [3.05, 3.63) is 28.2 Å². The van der Waals surface area contributed by atoms with Crippen LogP contribution in [-0.2, 0) is 6.54 Å². The van der Waals surface area contributed by atoms with E-state index in [0.29, 0.717) is 12.5 Å². The molecule has 1 aromatic carbocycles. The number of halogens is 1. The van der Waals surface area contributed by atoms with Gasteiger partial charge in [0.25, 0.3) is 0 Å². The second kappa shape index (κ2) is 6.55. The van der Waals surface area contributed by atoms with Gasteiger partial charge in [0.15, 0.2) is 0 Å². The number of hydrogen-bond donors (Lipinski definition) is 2. The van der Waals surface area contributed by atoms with Crippen molar-refractivity contribution in [1.29, 1.82) is 0 Å². The van der Waals surface area contributed by atoms with Gasteiger partial charge in [0.2, 0.25) is 0 Å². The van der Waals surface area contributed by atoms with E-state index in [1.165, 1.54) is 11.3 Å². The highest BCUT2D eigenvalue weighted by Crippen LogP contribution is 2.29. The highest BCUT2D eigenvalue weighted by molar-refractivity contribution is 9.10. The quantitative estimate of drug-likeness (QED) is 0.896. The van der Waals surface area contributed by atoms with Crippen LogP contribution in [-0.4, -0.2) is 31.9 Å². The topological polar surface area (TPSA) is 35.5 Å². The first-order valence-corrected chi connectivity index (χ1v) is 7.32. The van der Waals surface area contributed by atoms with E-state index in [1.54, 1.807) is 0 Å². The molecule has 0 radical (unpaired) electrons. The van der Waals surface area contributed by atoms with Gasteiger partial charge in [0.1, 0.15) is 0 Å². The van der Waals surface area contributed by atoms with Crippen molar-refractivity contribution >= 4 is 21.6 Å². The summed E-state index contributed by atoms with van der Waals surface area (Å²) >= 11 is 3.55. The predicted molar refractivity (Wildman–Crippen MR) is 78.9 cm³/mol. The Hall–Kier alpha value is -0.580. The van der Waals surface area contributed by atoms with Gasteiger partial charge in [0, 0.05) is 36.4 Å². The average Bonchev–Trinajstić information content (AvgIpc) is 2.41. The SMILES string of the molecule is CNCc1ccc(Br)cc1N1CCCC(CO)C1. The van der Waals surface area contributed by atoms with Gasteiger partial charge in [-0.25, -0.2) is 0 Å². The molecule has 1 saturated heterocycles. The van der Waals surface area contributed by atoms with Crippen LogP contribution < -0.4 is 10.2 Å². The Morgan fingerprint density at radius 1 is 1.50 bits per heavy atom. The average molecular weight is 313 g/mol. The fourth-order valence-corrected chi connectivity index (χ4v) is 2.95.